The van der Waals surface area contributed by atoms with Gasteiger partial charge in [-0.25, -0.2) is 0 Å². The van der Waals surface area contributed by atoms with Gasteiger partial charge in [0.2, 0.25) is 0 Å². The van der Waals surface area contributed by atoms with E-state index in [0.29, 0.717) is 0 Å². The van der Waals surface area contributed by atoms with Crippen molar-refractivity contribution in [2.24, 2.45) is 0 Å². The van der Waals surface area contributed by atoms with Gasteiger partial charge in [-0.1, -0.05) is 24.3 Å². The van der Waals surface area contributed by atoms with E-state index in [1.54, 1.807) is 17.8 Å². The predicted octanol–water partition coefficient (Wildman–Crippen LogP) is 2.41. The first kappa shape index (κ1) is 9.36. The van der Waals surface area contributed by atoms with Gasteiger partial charge < -0.3 is 5.11 Å². The average Bonchev–Trinajstić information content (AvgIpc) is 2.15. The highest BCUT2D eigenvalue weighted by Gasteiger charge is 1.88. The summed E-state index contributed by atoms with van der Waals surface area (Å²) < 4.78 is 0. The Hall–Kier alpha value is -0.730. The van der Waals surface area contributed by atoms with Crippen molar-refractivity contribution in [3.63, 3.8) is 0 Å². The zero-order valence-corrected chi connectivity index (χ0v) is 7.84. The fourth-order valence-corrected chi connectivity index (χ4v) is 1.31. The Bertz CT molecular complexity index is 251. The van der Waals surface area contributed by atoms with E-state index in [0.717, 1.165) is 5.56 Å². The largest absolute Gasteiger partial charge is 0.392 e. The number of thioether (sulfide) groups is 1. The van der Waals surface area contributed by atoms with Gasteiger partial charge in [-0.3, -0.25) is 0 Å². The van der Waals surface area contributed by atoms with E-state index >= 15 is 0 Å². The van der Waals surface area contributed by atoms with Crippen molar-refractivity contribution in [3.8, 4) is 0 Å². The smallest absolute Gasteiger partial charge is 0.0615 e. The molecule has 0 aliphatic rings. The maximum atomic E-state index is 8.54. The van der Waals surface area contributed by atoms with E-state index in [-0.39, 0.29) is 6.61 Å². The molecule has 2 heteroatoms. The topological polar surface area (TPSA) is 20.2 Å². The molecule has 12 heavy (non-hydrogen) atoms. The minimum Gasteiger partial charge on any atom is -0.392 e. The third-order valence-corrected chi connectivity index (χ3v) is 2.28. The van der Waals surface area contributed by atoms with E-state index in [9.17, 15) is 0 Å². The molecule has 0 heterocycles. The molecule has 0 aliphatic carbocycles. The van der Waals surface area contributed by atoms with Crippen molar-refractivity contribution < 1.29 is 5.11 Å². The van der Waals surface area contributed by atoms with Crippen LogP contribution < -0.4 is 0 Å². The molecule has 0 saturated carbocycles. The Morgan fingerprint density at radius 2 is 2.00 bits per heavy atom. The number of hydrogen-bond donors (Lipinski definition) is 1. The van der Waals surface area contributed by atoms with Gasteiger partial charge in [-0.05, 0) is 24.0 Å². The van der Waals surface area contributed by atoms with Gasteiger partial charge in [-0.15, -0.1) is 11.8 Å². The summed E-state index contributed by atoms with van der Waals surface area (Å²) in [6.07, 6.45) is 5.69. The van der Waals surface area contributed by atoms with Crippen LogP contribution in [0.1, 0.15) is 5.56 Å². The number of hydrogen-bond acceptors (Lipinski definition) is 2. The Morgan fingerprint density at radius 3 is 2.50 bits per heavy atom. The lowest BCUT2D eigenvalue weighted by Crippen LogP contribution is -1.74. The molecule has 0 bridgehead atoms. The third kappa shape index (κ3) is 2.72. The molecule has 0 amide bonds. The summed E-state index contributed by atoms with van der Waals surface area (Å²) in [5, 5.41) is 8.54. The predicted molar refractivity (Wildman–Crippen MR) is 54.3 cm³/mol. The minimum absolute atomic E-state index is 0.101. The molecule has 0 fully saturated rings. The zero-order valence-electron chi connectivity index (χ0n) is 7.03. The second-order valence-electron chi connectivity index (χ2n) is 2.36. The highest BCUT2D eigenvalue weighted by molar-refractivity contribution is 7.98. The maximum Gasteiger partial charge on any atom is 0.0615 e. The van der Waals surface area contributed by atoms with E-state index in [4.69, 9.17) is 5.11 Å². The summed E-state index contributed by atoms with van der Waals surface area (Å²) >= 11 is 1.73. The highest BCUT2D eigenvalue weighted by Crippen LogP contribution is 2.15. The molecule has 0 saturated heterocycles. The van der Waals surface area contributed by atoms with Crippen molar-refractivity contribution in [1.82, 2.24) is 0 Å². The first-order valence-corrected chi connectivity index (χ1v) is 5.00. The van der Waals surface area contributed by atoms with Gasteiger partial charge in [0.25, 0.3) is 0 Å². The van der Waals surface area contributed by atoms with Gasteiger partial charge in [0.1, 0.15) is 0 Å². The van der Waals surface area contributed by atoms with Crippen molar-refractivity contribution in [1.29, 1.82) is 0 Å². The molecule has 1 nitrogen and oxygen atoms in total. The van der Waals surface area contributed by atoms with Gasteiger partial charge in [0.05, 0.1) is 6.61 Å². The van der Waals surface area contributed by atoms with Crippen LogP contribution in [0, 0.1) is 0 Å². The number of benzene rings is 1. The summed E-state index contributed by atoms with van der Waals surface area (Å²) in [5.74, 6) is 0. The quantitative estimate of drug-likeness (QED) is 0.721. The van der Waals surface area contributed by atoms with Crippen LogP contribution in [0.4, 0.5) is 0 Å². The summed E-state index contributed by atoms with van der Waals surface area (Å²) in [4.78, 5) is 1.26. The van der Waals surface area contributed by atoms with Gasteiger partial charge >= 0.3 is 0 Å². The maximum absolute atomic E-state index is 8.54. The molecule has 1 aromatic carbocycles. The van der Waals surface area contributed by atoms with Gasteiger partial charge in [-0.2, -0.15) is 0 Å². The van der Waals surface area contributed by atoms with Crippen LogP contribution in [0.15, 0.2) is 35.2 Å². The monoisotopic (exact) mass is 180 g/mol. The molecular weight excluding hydrogens is 168 g/mol. The second-order valence-corrected chi connectivity index (χ2v) is 3.24. The normalized spacial score (nSPS) is 10.8. The number of rotatable bonds is 3. The molecule has 1 rings (SSSR count). The second kappa shape index (κ2) is 5.01. The lowest BCUT2D eigenvalue weighted by molar-refractivity contribution is 0.343. The van der Waals surface area contributed by atoms with Crippen LogP contribution in [0.5, 0.6) is 0 Å². The summed E-state index contributed by atoms with van der Waals surface area (Å²) in [6.45, 7) is 0.101. The first-order chi connectivity index (χ1) is 5.86. The molecule has 0 aliphatic heterocycles. The molecule has 64 valence electrons. The number of aliphatic hydroxyl groups excluding tert-OH is 1. The van der Waals surface area contributed by atoms with E-state index in [1.807, 2.05) is 18.2 Å². The van der Waals surface area contributed by atoms with Crippen LogP contribution in [-0.4, -0.2) is 18.0 Å². The molecule has 1 aromatic rings. The zero-order chi connectivity index (χ0) is 8.81. The summed E-state index contributed by atoms with van der Waals surface area (Å²) in [5.41, 5.74) is 1.13. The van der Waals surface area contributed by atoms with Crippen molar-refractivity contribution in [2.45, 2.75) is 4.90 Å². The first-order valence-electron chi connectivity index (χ1n) is 3.78. The lowest BCUT2D eigenvalue weighted by Gasteiger charge is -1.95. The van der Waals surface area contributed by atoms with Crippen LogP contribution in [-0.2, 0) is 0 Å². The van der Waals surface area contributed by atoms with E-state index in [1.165, 1.54) is 4.90 Å². The van der Waals surface area contributed by atoms with Crippen LogP contribution >= 0.6 is 11.8 Å². The molecular formula is C10H12OS. The highest BCUT2D eigenvalue weighted by atomic mass is 32.2. The molecule has 0 aromatic heterocycles. The number of aliphatic hydroxyl groups is 1. The standard InChI is InChI=1S/C10H12OS/c1-12-10-6-4-9(5-7-10)3-2-8-11/h2-7,11H,8H2,1H3/b3-2+. The van der Waals surface area contributed by atoms with Crippen LogP contribution in [0.3, 0.4) is 0 Å². The molecule has 0 atom stereocenters. The van der Waals surface area contributed by atoms with Crippen LogP contribution in [0.25, 0.3) is 6.08 Å². The van der Waals surface area contributed by atoms with Gasteiger partial charge in [0, 0.05) is 4.90 Å². The molecule has 0 radical (unpaired) electrons. The van der Waals surface area contributed by atoms with E-state index in [2.05, 4.69) is 18.4 Å². The van der Waals surface area contributed by atoms with E-state index < -0.39 is 0 Å². The fourth-order valence-electron chi connectivity index (χ4n) is 0.904. The van der Waals surface area contributed by atoms with Crippen molar-refractivity contribution >= 4 is 17.8 Å². The average molecular weight is 180 g/mol. The Balaban J connectivity index is 2.71. The van der Waals surface area contributed by atoms with Gasteiger partial charge in [0.15, 0.2) is 0 Å². The SMILES string of the molecule is CSc1ccc(/C=C/CO)cc1. The summed E-state index contributed by atoms with van der Waals surface area (Å²) in [7, 11) is 0. The Labute approximate surface area is 77.1 Å². The van der Waals surface area contributed by atoms with Crippen LogP contribution in [0.2, 0.25) is 0 Å². The molecule has 0 spiro atoms. The molecule has 1 N–H and O–H groups in total. The third-order valence-electron chi connectivity index (χ3n) is 1.53. The van der Waals surface area contributed by atoms with Crippen molar-refractivity contribution in [3.05, 3.63) is 35.9 Å². The Morgan fingerprint density at radius 1 is 1.33 bits per heavy atom. The lowest BCUT2D eigenvalue weighted by atomic mass is 10.2. The fraction of sp³-hybridized carbons (Fsp3) is 0.200. The summed E-state index contributed by atoms with van der Waals surface area (Å²) in [6, 6.07) is 8.22. The Kier molecular flexibility index (Phi) is 3.91. The minimum atomic E-state index is 0.101. The van der Waals surface area contributed by atoms with Crippen molar-refractivity contribution in [2.75, 3.05) is 12.9 Å². The molecule has 0 unspecified atom stereocenters.